The molecule has 0 radical (unpaired) electrons. The van der Waals surface area contributed by atoms with Gasteiger partial charge in [-0.2, -0.15) is 0 Å². The fraction of sp³-hybridized carbons (Fsp3) is 0.471. The summed E-state index contributed by atoms with van der Waals surface area (Å²) in [7, 11) is 1.65. The minimum absolute atomic E-state index is 0.196. The van der Waals surface area contributed by atoms with Gasteiger partial charge in [-0.25, -0.2) is 4.98 Å². The third-order valence-electron chi connectivity index (χ3n) is 4.44. The van der Waals surface area contributed by atoms with Crippen LogP contribution in [0.3, 0.4) is 0 Å². The van der Waals surface area contributed by atoms with Gasteiger partial charge in [0.05, 0.1) is 12.2 Å². The van der Waals surface area contributed by atoms with Gasteiger partial charge < -0.3 is 13.9 Å². The van der Waals surface area contributed by atoms with Gasteiger partial charge in [0.25, 0.3) is 11.5 Å². The molecule has 0 bridgehead atoms. The summed E-state index contributed by atoms with van der Waals surface area (Å²) < 4.78 is 7.04. The molecule has 0 saturated carbocycles. The third-order valence-corrected chi connectivity index (χ3v) is 4.44. The number of amides is 1. The van der Waals surface area contributed by atoms with E-state index < -0.39 is 0 Å². The Labute approximate surface area is 140 Å². The van der Waals surface area contributed by atoms with Crippen LogP contribution in [0.5, 0.6) is 0 Å². The molecule has 2 aromatic heterocycles. The van der Waals surface area contributed by atoms with E-state index in [0.29, 0.717) is 25.5 Å². The SMILES string of the molecule is Cc1nc(CN2CCN(C(=O)c3cccn(C)c3=O)CC2)oc1C. The van der Waals surface area contributed by atoms with Gasteiger partial charge in [-0.05, 0) is 26.0 Å². The number of carbonyl (C=O) groups is 1. The summed E-state index contributed by atoms with van der Waals surface area (Å²) in [5.74, 6) is 1.36. The summed E-state index contributed by atoms with van der Waals surface area (Å²) in [6.07, 6.45) is 1.65. The monoisotopic (exact) mass is 330 g/mol. The molecule has 0 aromatic carbocycles. The van der Waals surface area contributed by atoms with Crippen molar-refractivity contribution in [3.05, 3.63) is 51.6 Å². The van der Waals surface area contributed by atoms with E-state index in [1.54, 1.807) is 30.3 Å². The average Bonchev–Trinajstić information content (AvgIpc) is 2.88. The Hall–Kier alpha value is -2.41. The Morgan fingerprint density at radius 3 is 2.58 bits per heavy atom. The molecule has 1 aliphatic rings. The Morgan fingerprint density at radius 1 is 1.25 bits per heavy atom. The van der Waals surface area contributed by atoms with Crippen LogP contribution in [0.25, 0.3) is 0 Å². The van der Waals surface area contributed by atoms with Gasteiger partial charge in [-0.3, -0.25) is 14.5 Å². The molecule has 7 nitrogen and oxygen atoms in total. The molecule has 0 aliphatic carbocycles. The van der Waals surface area contributed by atoms with E-state index in [-0.39, 0.29) is 17.0 Å². The second-order valence-corrected chi connectivity index (χ2v) is 6.16. The molecule has 0 N–H and O–H groups in total. The predicted molar refractivity (Wildman–Crippen MR) is 88.8 cm³/mol. The van der Waals surface area contributed by atoms with Crippen LogP contribution in [0.4, 0.5) is 0 Å². The zero-order valence-electron chi connectivity index (χ0n) is 14.3. The van der Waals surface area contributed by atoms with E-state index in [4.69, 9.17) is 4.42 Å². The molecule has 2 aromatic rings. The second-order valence-electron chi connectivity index (χ2n) is 6.16. The maximum Gasteiger partial charge on any atom is 0.263 e. The largest absolute Gasteiger partial charge is 0.444 e. The summed E-state index contributed by atoms with van der Waals surface area (Å²) >= 11 is 0. The molecule has 7 heteroatoms. The fourth-order valence-corrected chi connectivity index (χ4v) is 2.84. The van der Waals surface area contributed by atoms with Gasteiger partial charge >= 0.3 is 0 Å². The quantitative estimate of drug-likeness (QED) is 0.838. The van der Waals surface area contributed by atoms with Crippen LogP contribution in [0.2, 0.25) is 0 Å². The van der Waals surface area contributed by atoms with Crippen molar-refractivity contribution in [3.8, 4) is 0 Å². The number of piperazine rings is 1. The Kier molecular flexibility index (Phi) is 4.53. The summed E-state index contributed by atoms with van der Waals surface area (Å²) in [6.45, 7) is 7.13. The first-order valence-corrected chi connectivity index (χ1v) is 8.06. The van der Waals surface area contributed by atoms with E-state index >= 15 is 0 Å². The van der Waals surface area contributed by atoms with Crippen molar-refractivity contribution >= 4 is 5.91 Å². The number of aryl methyl sites for hydroxylation is 3. The van der Waals surface area contributed by atoms with Crippen molar-refractivity contribution in [2.75, 3.05) is 26.2 Å². The summed E-state index contributed by atoms with van der Waals surface area (Å²) in [4.78, 5) is 33.0. The number of aromatic nitrogens is 2. The lowest BCUT2D eigenvalue weighted by Crippen LogP contribution is -2.49. The first kappa shape index (κ1) is 16.4. The maximum atomic E-state index is 12.5. The lowest BCUT2D eigenvalue weighted by atomic mass is 10.2. The van der Waals surface area contributed by atoms with Crippen LogP contribution in [0.1, 0.15) is 27.7 Å². The zero-order valence-corrected chi connectivity index (χ0v) is 14.3. The number of carbonyl (C=O) groups excluding carboxylic acids is 1. The van der Waals surface area contributed by atoms with E-state index in [1.165, 1.54) is 4.57 Å². The van der Waals surface area contributed by atoms with Crippen molar-refractivity contribution in [2.45, 2.75) is 20.4 Å². The predicted octanol–water partition coefficient (Wildman–Crippen LogP) is 0.948. The number of hydrogen-bond donors (Lipinski definition) is 0. The van der Waals surface area contributed by atoms with Crippen molar-refractivity contribution in [1.29, 1.82) is 0 Å². The minimum atomic E-state index is -0.254. The number of nitrogens with zero attached hydrogens (tertiary/aromatic N) is 4. The highest BCUT2D eigenvalue weighted by atomic mass is 16.4. The number of pyridine rings is 1. The molecular formula is C17H22N4O3. The van der Waals surface area contributed by atoms with Gasteiger partial charge in [0.15, 0.2) is 0 Å². The molecule has 24 heavy (non-hydrogen) atoms. The molecule has 3 rings (SSSR count). The van der Waals surface area contributed by atoms with Crippen LogP contribution < -0.4 is 5.56 Å². The topological polar surface area (TPSA) is 71.6 Å². The van der Waals surface area contributed by atoms with Gasteiger partial charge in [0, 0.05) is 39.4 Å². The molecule has 0 spiro atoms. The van der Waals surface area contributed by atoms with Crippen LogP contribution in [-0.4, -0.2) is 51.4 Å². The molecule has 1 fully saturated rings. The maximum absolute atomic E-state index is 12.5. The zero-order chi connectivity index (χ0) is 17.3. The number of rotatable bonds is 3. The third kappa shape index (κ3) is 3.26. The first-order valence-electron chi connectivity index (χ1n) is 8.06. The van der Waals surface area contributed by atoms with E-state index in [1.807, 2.05) is 13.8 Å². The summed E-state index contributed by atoms with van der Waals surface area (Å²) in [5, 5.41) is 0. The van der Waals surface area contributed by atoms with Gasteiger partial charge in [0.2, 0.25) is 5.89 Å². The fourth-order valence-electron chi connectivity index (χ4n) is 2.84. The summed E-state index contributed by atoms with van der Waals surface area (Å²) in [5.41, 5.74) is 0.891. The average molecular weight is 330 g/mol. The van der Waals surface area contributed by atoms with E-state index in [9.17, 15) is 9.59 Å². The molecule has 1 saturated heterocycles. The van der Waals surface area contributed by atoms with Gasteiger partial charge in [0.1, 0.15) is 11.3 Å². The second kappa shape index (κ2) is 6.60. The first-order chi connectivity index (χ1) is 11.5. The molecule has 0 unspecified atom stereocenters. The van der Waals surface area contributed by atoms with Crippen LogP contribution in [0.15, 0.2) is 27.5 Å². The Morgan fingerprint density at radius 2 is 1.96 bits per heavy atom. The smallest absolute Gasteiger partial charge is 0.263 e. The molecule has 1 amide bonds. The van der Waals surface area contributed by atoms with Crippen LogP contribution >= 0.6 is 0 Å². The lowest BCUT2D eigenvalue weighted by molar-refractivity contribution is 0.0615. The van der Waals surface area contributed by atoms with E-state index in [2.05, 4.69) is 9.88 Å². The van der Waals surface area contributed by atoms with Crippen molar-refractivity contribution in [1.82, 2.24) is 19.4 Å². The molecule has 3 heterocycles. The van der Waals surface area contributed by atoms with E-state index in [0.717, 1.165) is 24.5 Å². The van der Waals surface area contributed by atoms with Gasteiger partial charge in [-0.15, -0.1) is 0 Å². The lowest BCUT2D eigenvalue weighted by Gasteiger charge is -2.34. The van der Waals surface area contributed by atoms with Gasteiger partial charge in [-0.1, -0.05) is 0 Å². The molecule has 0 atom stereocenters. The Balaban J connectivity index is 1.61. The molecular weight excluding hydrogens is 308 g/mol. The number of oxazole rings is 1. The van der Waals surface area contributed by atoms with Crippen molar-refractivity contribution in [2.24, 2.45) is 7.05 Å². The summed E-state index contributed by atoms with van der Waals surface area (Å²) in [6, 6.07) is 3.31. The van der Waals surface area contributed by atoms with Crippen molar-refractivity contribution < 1.29 is 9.21 Å². The van der Waals surface area contributed by atoms with Crippen molar-refractivity contribution in [3.63, 3.8) is 0 Å². The molecule has 128 valence electrons. The number of hydrogen-bond acceptors (Lipinski definition) is 5. The minimum Gasteiger partial charge on any atom is -0.444 e. The standard InChI is InChI=1S/C17H22N4O3/c1-12-13(2)24-15(18-12)11-20-7-9-21(10-8-20)17(23)14-5-4-6-19(3)16(14)22/h4-6H,7-11H2,1-3H3. The van der Waals surface area contributed by atoms with Crippen LogP contribution in [0, 0.1) is 13.8 Å². The highest BCUT2D eigenvalue weighted by Crippen LogP contribution is 2.13. The molecule has 1 aliphatic heterocycles. The highest BCUT2D eigenvalue weighted by Gasteiger charge is 2.24. The highest BCUT2D eigenvalue weighted by molar-refractivity contribution is 5.93. The van der Waals surface area contributed by atoms with Crippen LogP contribution in [-0.2, 0) is 13.6 Å². The normalized spacial score (nSPS) is 15.7. The Bertz CT molecular complexity index is 781.